The Bertz CT molecular complexity index is 518. The highest BCUT2D eigenvalue weighted by Crippen LogP contribution is 2.68. The van der Waals surface area contributed by atoms with Gasteiger partial charge in [-0.15, -0.1) is 0 Å². The standard InChI is InChI=1S/C25H44O2/c1-5-6-17(2)16-25-14-12-21-20(22(25)9-10-23(25)27-4)8-7-18-15-19(26)11-13-24(18,21)3/h17-23,26H,5-16H2,1-4H3/t17?,18-,19-,20-,21+,22+,23+,24+,25-/m1/s1. The average molecular weight is 377 g/mol. The molecule has 9 atom stereocenters. The largest absolute Gasteiger partial charge is 0.393 e. The van der Waals surface area contributed by atoms with E-state index < -0.39 is 0 Å². The Kier molecular flexibility index (Phi) is 5.71. The molecule has 0 radical (unpaired) electrons. The zero-order valence-electron chi connectivity index (χ0n) is 18.4. The van der Waals surface area contributed by atoms with Crippen LogP contribution in [0, 0.1) is 40.4 Å². The molecule has 156 valence electrons. The molecule has 0 saturated heterocycles. The first kappa shape index (κ1) is 20.2. The first-order valence-corrected chi connectivity index (χ1v) is 12.2. The van der Waals surface area contributed by atoms with E-state index in [0.717, 1.165) is 42.4 Å². The Morgan fingerprint density at radius 2 is 1.85 bits per heavy atom. The van der Waals surface area contributed by atoms with Gasteiger partial charge in [-0.1, -0.05) is 33.6 Å². The predicted molar refractivity (Wildman–Crippen MR) is 112 cm³/mol. The van der Waals surface area contributed by atoms with Gasteiger partial charge in [0.25, 0.3) is 0 Å². The number of methoxy groups -OCH3 is 1. The Morgan fingerprint density at radius 1 is 1.04 bits per heavy atom. The van der Waals surface area contributed by atoms with Crippen molar-refractivity contribution in [2.75, 3.05) is 7.11 Å². The van der Waals surface area contributed by atoms with Crippen molar-refractivity contribution in [1.29, 1.82) is 0 Å². The molecular formula is C25H44O2. The molecule has 0 aromatic carbocycles. The van der Waals surface area contributed by atoms with Gasteiger partial charge in [0.1, 0.15) is 0 Å². The summed E-state index contributed by atoms with van der Waals surface area (Å²) >= 11 is 0. The fraction of sp³-hybridized carbons (Fsp3) is 1.00. The molecule has 27 heavy (non-hydrogen) atoms. The van der Waals surface area contributed by atoms with E-state index in [9.17, 15) is 5.11 Å². The van der Waals surface area contributed by atoms with Crippen LogP contribution in [0.4, 0.5) is 0 Å². The fourth-order valence-electron chi connectivity index (χ4n) is 8.98. The van der Waals surface area contributed by atoms with E-state index in [2.05, 4.69) is 20.8 Å². The van der Waals surface area contributed by atoms with Crippen molar-refractivity contribution in [3.05, 3.63) is 0 Å². The molecule has 0 aliphatic heterocycles. The molecule has 4 rings (SSSR count). The summed E-state index contributed by atoms with van der Waals surface area (Å²) < 4.78 is 6.16. The minimum atomic E-state index is -0.0263. The number of rotatable bonds is 5. The molecule has 4 fully saturated rings. The second kappa shape index (κ2) is 7.63. The number of hydrogen-bond donors (Lipinski definition) is 1. The van der Waals surface area contributed by atoms with Gasteiger partial charge in [0.15, 0.2) is 0 Å². The summed E-state index contributed by atoms with van der Waals surface area (Å²) in [5.74, 6) is 4.32. The van der Waals surface area contributed by atoms with Crippen molar-refractivity contribution in [2.24, 2.45) is 40.4 Å². The summed E-state index contributed by atoms with van der Waals surface area (Å²) in [5.41, 5.74) is 0.955. The number of fused-ring (bicyclic) bond motifs is 5. The summed E-state index contributed by atoms with van der Waals surface area (Å²) in [6, 6.07) is 0. The van der Waals surface area contributed by atoms with E-state index in [1.54, 1.807) is 0 Å². The van der Waals surface area contributed by atoms with E-state index in [1.165, 1.54) is 64.2 Å². The minimum absolute atomic E-state index is 0.0263. The summed E-state index contributed by atoms with van der Waals surface area (Å²) in [5, 5.41) is 10.2. The molecule has 4 aliphatic rings. The van der Waals surface area contributed by atoms with Crippen LogP contribution in [0.2, 0.25) is 0 Å². The quantitative estimate of drug-likeness (QED) is 0.618. The van der Waals surface area contributed by atoms with Crippen LogP contribution in [0.1, 0.15) is 97.8 Å². The van der Waals surface area contributed by atoms with Gasteiger partial charge >= 0.3 is 0 Å². The summed E-state index contributed by atoms with van der Waals surface area (Å²) in [7, 11) is 1.98. The van der Waals surface area contributed by atoms with Crippen LogP contribution in [-0.4, -0.2) is 24.4 Å². The molecule has 1 unspecified atom stereocenters. The Hall–Kier alpha value is -0.0800. The van der Waals surface area contributed by atoms with Gasteiger partial charge in [0.05, 0.1) is 12.2 Å². The molecule has 0 spiro atoms. The van der Waals surface area contributed by atoms with Crippen LogP contribution in [0.5, 0.6) is 0 Å². The third-order valence-electron chi connectivity index (χ3n) is 10.1. The van der Waals surface area contributed by atoms with Crippen molar-refractivity contribution in [3.8, 4) is 0 Å². The third-order valence-corrected chi connectivity index (χ3v) is 10.1. The SMILES string of the molecule is CCCC(C)C[C@]12CC[C@H]3[C@@H](CC[C@@H]4C[C@H](O)CC[C@@]43C)[C@@H]1CC[C@@H]2OC. The van der Waals surface area contributed by atoms with E-state index in [-0.39, 0.29) is 6.10 Å². The van der Waals surface area contributed by atoms with Crippen LogP contribution in [-0.2, 0) is 4.74 Å². The molecule has 4 aliphatic carbocycles. The normalized spacial score (nSPS) is 50.6. The molecule has 0 heterocycles. The number of aliphatic hydroxyl groups excluding tert-OH is 1. The lowest BCUT2D eigenvalue weighted by Gasteiger charge is -2.61. The molecule has 0 bridgehead atoms. The van der Waals surface area contributed by atoms with E-state index >= 15 is 0 Å². The summed E-state index contributed by atoms with van der Waals surface area (Å²) in [6.07, 6.45) is 16.2. The van der Waals surface area contributed by atoms with Crippen LogP contribution >= 0.6 is 0 Å². The van der Waals surface area contributed by atoms with Gasteiger partial charge in [0, 0.05) is 7.11 Å². The first-order chi connectivity index (χ1) is 12.9. The summed E-state index contributed by atoms with van der Waals surface area (Å²) in [4.78, 5) is 0. The molecular weight excluding hydrogens is 332 g/mol. The topological polar surface area (TPSA) is 29.5 Å². The minimum Gasteiger partial charge on any atom is -0.393 e. The first-order valence-electron chi connectivity index (χ1n) is 12.2. The molecule has 0 aromatic heterocycles. The second-order valence-electron chi connectivity index (χ2n) is 11.3. The van der Waals surface area contributed by atoms with Crippen LogP contribution in [0.15, 0.2) is 0 Å². The van der Waals surface area contributed by atoms with Crippen molar-refractivity contribution in [3.63, 3.8) is 0 Å². The fourth-order valence-corrected chi connectivity index (χ4v) is 8.98. The van der Waals surface area contributed by atoms with Crippen molar-refractivity contribution >= 4 is 0 Å². The van der Waals surface area contributed by atoms with Crippen LogP contribution in [0.3, 0.4) is 0 Å². The average Bonchev–Trinajstić information content (AvgIpc) is 3.00. The highest BCUT2D eigenvalue weighted by molar-refractivity contribution is 5.11. The maximum Gasteiger partial charge on any atom is 0.0630 e. The van der Waals surface area contributed by atoms with E-state index in [4.69, 9.17) is 4.74 Å². The Balaban J connectivity index is 1.59. The molecule has 4 saturated carbocycles. The Labute approximate surface area is 167 Å². The second-order valence-corrected chi connectivity index (χ2v) is 11.3. The molecule has 2 nitrogen and oxygen atoms in total. The van der Waals surface area contributed by atoms with Gasteiger partial charge in [-0.25, -0.2) is 0 Å². The number of aliphatic hydroxyl groups is 1. The lowest BCUT2D eigenvalue weighted by molar-refractivity contribution is -0.147. The van der Waals surface area contributed by atoms with E-state index in [1.807, 2.05) is 7.11 Å². The van der Waals surface area contributed by atoms with Crippen LogP contribution < -0.4 is 0 Å². The molecule has 2 heteroatoms. The lowest BCUT2D eigenvalue weighted by Crippen LogP contribution is -2.55. The van der Waals surface area contributed by atoms with Gasteiger partial charge in [-0.05, 0) is 105 Å². The zero-order valence-corrected chi connectivity index (χ0v) is 18.4. The molecule has 0 aromatic rings. The van der Waals surface area contributed by atoms with Gasteiger partial charge in [-0.2, -0.15) is 0 Å². The van der Waals surface area contributed by atoms with Gasteiger partial charge < -0.3 is 9.84 Å². The maximum atomic E-state index is 10.2. The third kappa shape index (κ3) is 3.21. The zero-order chi connectivity index (χ0) is 19.2. The van der Waals surface area contributed by atoms with Crippen molar-refractivity contribution in [1.82, 2.24) is 0 Å². The number of hydrogen-bond acceptors (Lipinski definition) is 2. The van der Waals surface area contributed by atoms with Crippen LogP contribution in [0.25, 0.3) is 0 Å². The maximum absolute atomic E-state index is 10.2. The lowest BCUT2D eigenvalue weighted by atomic mass is 9.44. The smallest absolute Gasteiger partial charge is 0.0630 e. The molecule has 0 amide bonds. The van der Waals surface area contributed by atoms with Gasteiger partial charge in [0.2, 0.25) is 0 Å². The monoisotopic (exact) mass is 376 g/mol. The predicted octanol–water partition coefficient (Wildman–Crippen LogP) is 6.21. The summed E-state index contributed by atoms with van der Waals surface area (Å²) in [6.45, 7) is 7.44. The van der Waals surface area contributed by atoms with Gasteiger partial charge in [-0.3, -0.25) is 0 Å². The van der Waals surface area contributed by atoms with Crippen molar-refractivity contribution < 1.29 is 9.84 Å². The Morgan fingerprint density at radius 3 is 2.59 bits per heavy atom. The van der Waals surface area contributed by atoms with Crippen molar-refractivity contribution in [2.45, 2.75) is 110 Å². The number of ether oxygens (including phenoxy) is 1. The highest BCUT2D eigenvalue weighted by Gasteiger charge is 2.61. The van der Waals surface area contributed by atoms with E-state index in [0.29, 0.717) is 16.9 Å². The highest BCUT2D eigenvalue weighted by atomic mass is 16.5. The molecule has 1 N–H and O–H groups in total.